The van der Waals surface area contributed by atoms with Crippen LogP contribution < -0.4 is 4.74 Å². The van der Waals surface area contributed by atoms with E-state index < -0.39 is 0 Å². The van der Waals surface area contributed by atoms with Crippen LogP contribution >= 0.6 is 39.1 Å². The van der Waals surface area contributed by atoms with E-state index in [1.54, 1.807) is 6.07 Å². The third-order valence-electron chi connectivity index (χ3n) is 2.49. The Kier molecular flexibility index (Phi) is 4.93. The number of hydrogen-bond donors (Lipinski definition) is 0. The van der Waals surface area contributed by atoms with Gasteiger partial charge in [0.05, 0.1) is 10.9 Å². The molecule has 0 bridgehead atoms. The maximum Gasteiger partial charge on any atom is 0.142 e. The molecular weight excluding hydrogens is 335 g/mol. The molecule has 2 rings (SSSR count). The number of alkyl halides is 1. The van der Waals surface area contributed by atoms with E-state index in [0.717, 1.165) is 15.6 Å². The molecule has 0 fully saturated rings. The van der Waals surface area contributed by atoms with E-state index in [0.29, 0.717) is 23.3 Å². The van der Waals surface area contributed by atoms with Crippen molar-refractivity contribution in [2.24, 2.45) is 0 Å². The van der Waals surface area contributed by atoms with Crippen LogP contribution in [-0.2, 0) is 12.5 Å². The molecule has 0 aliphatic heterocycles. The molecule has 0 saturated heterocycles. The highest BCUT2D eigenvalue weighted by Crippen LogP contribution is 2.30. The fraction of sp³-hybridized carbons (Fsp3) is 0.143. The number of benzene rings is 2. The first-order valence-electron chi connectivity index (χ1n) is 5.41. The second-order valence-electron chi connectivity index (χ2n) is 3.78. The SMILES string of the molecule is ClCc1cccc(Cl)c1OCc1ccc(Br)cc1. The number of halogens is 3. The Labute approximate surface area is 125 Å². The molecule has 0 amide bonds. The first-order valence-corrected chi connectivity index (χ1v) is 7.12. The highest BCUT2D eigenvalue weighted by atomic mass is 79.9. The topological polar surface area (TPSA) is 9.23 Å². The highest BCUT2D eigenvalue weighted by molar-refractivity contribution is 9.10. The maximum absolute atomic E-state index is 6.11. The lowest BCUT2D eigenvalue weighted by molar-refractivity contribution is 0.304. The van der Waals surface area contributed by atoms with Gasteiger partial charge in [-0.1, -0.05) is 51.8 Å². The quantitative estimate of drug-likeness (QED) is 0.672. The van der Waals surface area contributed by atoms with E-state index in [2.05, 4.69) is 15.9 Å². The van der Waals surface area contributed by atoms with Crippen molar-refractivity contribution in [2.45, 2.75) is 12.5 Å². The van der Waals surface area contributed by atoms with Gasteiger partial charge in [0.2, 0.25) is 0 Å². The van der Waals surface area contributed by atoms with Crippen molar-refractivity contribution in [3.8, 4) is 5.75 Å². The van der Waals surface area contributed by atoms with Crippen LogP contribution in [0.25, 0.3) is 0 Å². The summed E-state index contributed by atoms with van der Waals surface area (Å²) in [7, 11) is 0. The second kappa shape index (κ2) is 6.46. The molecule has 4 heteroatoms. The van der Waals surface area contributed by atoms with Crippen LogP contribution in [0.15, 0.2) is 46.9 Å². The van der Waals surface area contributed by atoms with E-state index in [-0.39, 0.29) is 0 Å². The summed E-state index contributed by atoms with van der Waals surface area (Å²) in [5.74, 6) is 1.05. The van der Waals surface area contributed by atoms with Gasteiger partial charge in [-0.3, -0.25) is 0 Å². The third-order valence-corrected chi connectivity index (χ3v) is 3.60. The van der Waals surface area contributed by atoms with E-state index in [1.807, 2.05) is 36.4 Å². The summed E-state index contributed by atoms with van der Waals surface area (Å²) in [6.07, 6.45) is 0. The Morgan fingerprint density at radius 3 is 2.44 bits per heavy atom. The molecule has 0 aliphatic rings. The second-order valence-corrected chi connectivity index (χ2v) is 5.37. The summed E-state index contributed by atoms with van der Waals surface area (Å²) in [4.78, 5) is 0. The standard InChI is InChI=1S/C14H11BrCl2O/c15-12-6-4-10(5-7-12)9-18-14-11(8-16)2-1-3-13(14)17/h1-7H,8-9H2. The monoisotopic (exact) mass is 344 g/mol. The molecule has 2 aromatic carbocycles. The normalized spacial score (nSPS) is 10.4. The smallest absolute Gasteiger partial charge is 0.142 e. The predicted molar refractivity (Wildman–Crippen MR) is 79.5 cm³/mol. The summed E-state index contributed by atoms with van der Waals surface area (Å²) < 4.78 is 6.80. The molecule has 0 saturated carbocycles. The van der Waals surface area contributed by atoms with Crippen LogP contribution in [0.3, 0.4) is 0 Å². The molecule has 0 N–H and O–H groups in total. The Bertz CT molecular complexity index is 526. The zero-order chi connectivity index (χ0) is 13.0. The van der Waals surface area contributed by atoms with Gasteiger partial charge in [-0.25, -0.2) is 0 Å². The molecule has 0 aromatic heterocycles. The molecule has 0 unspecified atom stereocenters. The first-order chi connectivity index (χ1) is 8.70. The van der Waals surface area contributed by atoms with E-state index in [9.17, 15) is 0 Å². The van der Waals surface area contributed by atoms with Crippen molar-refractivity contribution < 1.29 is 4.74 Å². The molecular formula is C14H11BrCl2O. The van der Waals surface area contributed by atoms with Crippen molar-refractivity contribution in [2.75, 3.05) is 0 Å². The summed E-state index contributed by atoms with van der Waals surface area (Å²) in [6, 6.07) is 13.5. The van der Waals surface area contributed by atoms with Crippen LogP contribution in [-0.4, -0.2) is 0 Å². The van der Waals surface area contributed by atoms with E-state index >= 15 is 0 Å². The summed E-state index contributed by atoms with van der Waals surface area (Å²) >= 11 is 15.4. The Morgan fingerprint density at radius 2 is 1.78 bits per heavy atom. The fourth-order valence-corrected chi connectivity index (χ4v) is 2.28. The number of ether oxygens (including phenoxy) is 1. The van der Waals surface area contributed by atoms with Crippen LogP contribution in [0, 0.1) is 0 Å². The van der Waals surface area contributed by atoms with Gasteiger partial charge in [0, 0.05) is 10.0 Å². The van der Waals surface area contributed by atoms with Gasteiger partial charge in [-0.2, -0.15) is 0 Å². The van der Waals surface area contributed by atoms with Crippen molar-refractivity contribution in [3.63, 3.8) is 0 Å². The molecule has 18 heavy (non-hydrogen) atoms. The molecule has 0 heterocycles. The summed E-state index contributed by atoms with van der Waals surface area (Å²) in [6.45, 7) is 0.473. The van der Waals surface area contributed by atoms with Gasteiger partial charge >= 0.3 is 0 Å². The van der Waals surface area contributed by atoms with E-state index in [4.69, 9.17) is 27.9 Å². The zero-order valence-electron chi connectivity index (χ0n) is 9.50. The average Bonchev–Trinajstić information content (AvgIpc) is 2.39. The first kappa shape index (κ1) is 13.7. The summed E-state index contributed by atoms with van der Waals surface area (Å²) in [5, 5.41) is 0.588. The van der Waals surface area contributed by atoms with E-state index in [1.165, 1.54) is 0 Å². The van der Waals surface area contributed by atoms with Gasteiger partial charge in [0.1, 0.15) is 12.4 Å². The minimum atomic E-state index is 0.385. The highest BCUT2D eigenvalue weighted by Gasteiger charge is 2.07. The van der Waals surface area contributed by atoms with Crippen molar-refractivity contribution >= 4 is 39.1 Å². The molecule has 0 atom stereocenters. The van der Waals surface area contributed by atoms with Gasteiger partial charge in [0.25, 0.3) is 0 Å². The molecule has 0 spiro atoms. The van der Waals surface area contributed by atoms with Crippen LogP contribution in [0.4, 0.5) is 0 Å². The fourth-order valence-electron chi connectivity index (χ4n) is 1.56. The minimum absolute atomic E-state index is 0.385. The van der Waals surface area contributed by atoms with Crippen LogP contribution in [0.1, 0.15) is 11.1 Å². The molecule has 94 valence electrons. The third kappa shape index (κ3) is 3.41. The lowest BCUT2D eigenvalue weighted by atomic mass is 10.2. The molecule has 0 radical (unpaired) electrons. The van der Waals surface area contributed by atoms with Gasteiger partial charge in [-0.05, 0) is 23.8 Å². The Balaban J connectivity index is 2.12. The number of para-hydroxylation sites is 1. The van der Waals surface area contributed by atoms with Crippen molar-refractivity contribution in [3.05, 3.63) is 63.1 Å². The lowest BCUT2D eigenvalue weighted by Gasteiger charge is -2.11. The molecule has 0 aliphatic carbocycles. The van der Waals surface area contributed by atoms with Gasteiger partial charge in [0.15, 0.2) is 0 Å². The van der Waals surface area contributed by atoms with Gasteiger partial charge < -0.3 is 4.74 Å². The van der Waals surface area contributed by atoms with Crippen molar-refractivity contribution in [1.82, 2.24) is 0 Å². The maximum atomic E-state index is 6.11. The lowest BCUT2D eigenvalue weighted by Crippen LogP contribution is -1.98. The molecule has 1 nitrogen and oxygen atoms in total. The average molecular weight is 346 g/mol. The number of rotatable bonds is 4. The zero-order valence-corrected chi connectivity index (χ0v) is 12.6. The Hall–Kier alpha value is -0.700. The largest absolute Gasteiger partial charge is 0.487 e. The van der Waals surface area contributed by atoms with Crippen LogP contribution in [0.2, 0.25) is 5.02 Å². The van der Waals surface area contributed by atoms with Crippen LogP contribution in [0.5, 0.6) is 5.75 Å². The number of hydrogen-bond acceptors (Lipinski definition) is 1. The molecule has 2 aromatic rings. The van der Waals surface area contributed by atoms with Crippen molar-refractivity contribution in [1.29, 1.82) is 0 Å². The summed E-state index contributed by atoms with van der Waals surface area (Å²) in [5.41, 5.74) is 1.99. The predicted octanol–water partition coefficient (Wildman–Crippen LogP) is 5.42. The van der Waals surface area contributed by atoms with Gasteiger partial charge in [-0.15, -0.1) is 11.6 Å². The minimum Gasteiger partial charge on any atom is -0.487 e. The Morgan fingerprint density at radius 1 is 1.06 bits per heavy atom.